The maximum absolute atomic E-state index is 12.1. The monoisotopic (exact) mass is 292 g/mol. The standard InChI is InChI=1S/C16H24N2O3/c1-16(2,3)21-15(19)18-9-10-20-14(12-18)11-17-13-7-5-4-6-8-13/h4-8,14,17H,9-12H2,1-3H3. The van der Waals surface area contributed by atoms with Crippen LogP contribution in [0, 0.1) is 0 Å². The van der Waals surface area contributed by atoms with E-state index < -0.39 is 5.60 Å². The molecule has 1 unspecified atom stereocenters. The van der Waals surface area contributed by atoms with Gasteiger partial charge in [-0.15, -0.1) is 0 Å². The first-order chi connectivity index (χ1) is 9.94. The molecule has 21 heavy (non-hydrogen) atoms. The molecule has 0 radical (unpaired) electrons. The molecule has 1 aromatic carbocycles. The minimum absolute atomic E-state index is 0.0218. The van der Waals surface area contributed by atoms with Gasteiger partial charge in [-0.1, -0.05) is 18.2 Å². The van der Waals surface area contributed by atoms with Gasteiger partial charge in [0, 0.05) is 18.8 Å². The van der Waals surface area contributed by atoms with Gasteiger partial charge in [0.2, 0.25) is 0 Å². The molecule has 1 aliphatic heterocycles. The van der Waals surface area contributed by atoms with E-state index >= 15 is 0 Å². The number of rotatable bonds is 3. The maximum atomic E-state index is 12.1. The van der Waals surface area contributed by atoms with Gasteiger partial charge in [-0.2, -0.15) is 0 Å². The van der Waals surface area contributed by atoms with Crippen LogP contribution in [0.1, 0.15) is 20.8 Å². The normalized spacial score (nSPS) is 19.2. The fourth-order valence-corrected chi connectivity index (χ4v) is 2.12. The van der Waals surface area contributed by atoms with Crippen LogP contribution >= 0.6 is 0 Å². The number of carbonyl (C=O) groups excluding carboxylic acids is 1. The molecule has 1 amide bonds. The van der Waals surface area contributed by atoms with E-state index in [0.29, 0.717) is 26.2 Å². The molecule has 0 aliphatic carbocycles. The van der Waals surface area contributed by atoms with Crippen molar-refractivity contribution < 1.29 is 14.3 Å². The van der Waals surface area contributed by atoms with Gasteiger partial charge in [0.05, 0.1) is 19.3 Å². The highest BCUT2D eigenvalue weighted by Crippen LogP contribution is 2.14. The number of para-hydroxylation sites is 1. The highest BCUT2D eigenvalue weighted by molar-refractivity contribution is 5.68. The predicted octanol–water partition coefficient (Wildman–Crippen LogP) is 2.73. The third kappa shape index (κ3) is 5.27. The van der Waals surface area contributed by atoms with Gasteiger partial charge in [0.1, 0.15) is 5.60 Å². The molecule has 1 heterocycles. The molecule has 1 N–H and O–H groups in total. The molecule has 0 saturated carbocycles. The number of hydrogen-bond donors (Lipinski definition) is 1. The van der Waals surface area contributed by atoms with Crippen molar-refractivity contribution >= 4 is 11.8 Å². The Hall–Kier alpha value is -1.75. The number of morpholine rings is 1. The van der Waals surface area contributed by atoms with Crippen LogP contribution in [0.3, 0.4) is 0 Å². The van der Waals surface area contributed by atoms with E-state index in [4.69, 9.17) is 9.47 Å². The lowest BCUT2D eigenvalue weighted by Crippen LogP contribution is -2.49. The van der Waals surface area contributed by atoms with Gasteiger partial charge in [-0.3, -0.25) is 0 Å². The number of ether oxygens (including phenoxy) is 2. The second kappa shape index (κ2) is 6.80. The number of amides is 1. The van der Waals surface area contributed by atoms with Crippen molar-refractivity contribution in [3.8, 4) is 0 Å². The molecular weight excluding hydrogens is 268 g/mol. The molecule has 1 fully saturated rings. The van der Waals surface area contributed by atoms with Crippen LogP contribution in [-0.2, 0) is 9.47 Å². The van der Waals surface area contributed by atoms with Crippen molar-refractivity contribution in [3.63, 3.8) is 0 Å². The molecule has 5 heteroatoms. The van der Waals surface area contributed by atoms with E-state index in [0.717, 1.165) is 5.69 Å². The largest absolute Gasteiger partial charge is 0.444 e. The predicted molar refractivity (Wildman–Crippen MR) is 82.5 cm³/mol. The molecule has 0 aromatic heterocycles. The van der Waals surface area contributed by atoms with Crippen molar-refractivity contribution in [2.45, 2.75) is 32.5 Å². The Bertz CT molecular complexity index is 456. The number of carbonyl (C=O) groups is 1. The van der Waals surface area contributed by atoms with E-state index in [1.54, 1.807) is 4.90 Å². The summed E-state index contributed by atoms with van der Waals surface area (Å²) in [7, 11) is 0. The van der Waals surface area contributed by atoms with Crippen molar-refractivity contribution in [2.75, 3.05) is 31.6 Å². The first kappa shape index (κ1) is 15.6. The summed E-state index contributed by atoms with van der Waals surface area (Å²) >= 11 is 0. The molecular formula is C16H24N2O3. The minimum atomic E-state index is -0.465. The molecule has 5 nitrogen and oxygen atoms in total. The van der Waals surface area contributed by atoms with Gasteiger partial charge < -0.3 is 19.7 Å². The van der Waals surface area contributed by atoms with Crippen molar-refractivity contribution in [1.29, 1.82) is 0 Å². The van der Waals surface area contributed by atoms with Gasteiger partial charge in [-0.25, -0.2) is 4.79 Å². The summed E-state index contributed by atoms with van der Waals surface area (Å²) in [4.78, 5) is 13.8. The summed E-state index contributed by atoms with van der Waals surface area (Å²) in [5.74, 6) is 0. The van der Waals surface area contributed by atoms with Crippen LogP contribution < -0.4 is 5.32 Å². The quantitative estimate of drug-likeness (QED) is 0.930. The van der Waals surface area contributed by atoms with Crippen molar-refractivity contribution in [3.05, 3.63) is 30.3 Å². The van der Waals surface area contributed by atoms with Crippen LogP contribution in [0.4, 0.5) is 10.5 Å². The third-order valence-corrected chi connectivity index (χ3v) is 3.10. The van der Waals surface area contributed by atoms with Gasteiger partial charge in [0.15, 0.2) is 0 Å². The molecule has 0 bridgehead atoms. The zero-order valence-corrected chi connectivity index (χ0v) is 13.0. The number of nitrogens with one attached hydrogen (secondary N) is 1. The van der Waals surface area contributed by atoms with Gasteiger partial charge in [0.25, 0.3) is 0 Å². The lowest BCUT2D eigenvalue weighted by Gasteiger charge is -2.34. The molecule has 116 valence electrons. The second-order valence-electron chi connectivity index (χ2n) is 6.17. The van der Waals surface area contributed by atoms with Crippen LogP contribution in [0.15, 0.2) is 30.3 Å². The van der Waals surface area contributed by atoms with Crippen molar-refractivity contribution in [1.82, 2.24) is 4.90 Å². The minimum Gasteiger partial charge on any atom is -0.444 e. The number of benzene rings is 1. The molecule has 2 rings (SSSR count). The van der Waals surface area contributed by atoms with Crippen LogP contribution in [0.5, 0.6) is 0 Å². The fourth-order valence-electron chi connectivity index (χ4n) is 2.12. The van der Waals surface area contributed by atoms with E-state index in [2.05, 4.69) is 5.32 Å². The molecule has 1 atom stereocenters. The Kier molecular flexibility index (Phi) is 5.07. The second-order valence-corrected chi connectivity index (χ2v) is 6.17. The smallest absolute Gasteiger partial charge is 0.410 e. The number of nitrogens with zero attached hydrogens (tertiary/aromatic N) is 1. The molecule has 1 aromatic rings. The average molecular weight is 292 g/mol. The zero-order valence-electron chi connectivity index (χ0n) is 13.0. The van der Waals surface area contributed by atoms with E-state index in [9.17, 15) is 4.79 Å². The first-order valence-electron chi connectivity index (χ1n) is 7.32. The zero-order chi connectivity index (χ0) is 15.3. The lowest BCUT2D eigenvalue weighted by molar-refractivity contribution is -0.0371. The maximum Gasteiger partial charge on any atom is 0.410 e. The fraction of sp³-hybridized carbons (Fsp3) is 0.562. The summed E-state index contributed by atoms with van der Waals surface area (Å²) in [6.07, 6.45) is -0.290. The highest BCUT2D eigenvalue weighted by atomic mass is 16.6. The Labute approximate surface area is 126 Å². The van der Waals surface area contributed by atoms with Crippen LogP contribution in [-0.4, -0.2) is 48.9 Å². The SMILES string of the molecule is CC(C)(C)OC(=O)N1CCOC(CNc2ccccc2)C1. The topological polar surface area (TPSA) is 50.8 Å². The van der Waals surface area contributed by atoms with Gasteiger partial charge in [-0.05, 0) is 32.9 Å². The lowest BCUT2D eigenvalue weighted by atomic mass is 10.2. The van der Waals surface area contributed by atoms with Crippen LogP contribution in [0.2, 0.25) is 0 Å². The van der Waals surface area contributed by atoms with E-state index in [1.165, 1.54) is 0 Å². The Morgan fingerprint density at radius 1 is 1.38 bits per heavy atom. The summed E-state index contributed by atoms with van der Waals surface area (Å²) in [6.45, 7) is 7.97. The number of anilines is 1. The van der Waals surface area contributed by atoms with E-state index in [1.807, 2.05) is 51.1 Å². The molecule has 1 aliphatic rings. The van der Waals surface area contributed by atoms with Gasteiger partial charge >= 0.3 is 6.09 Å². The summed E-state index contributed by atoms with van der Waals surface area (Å²) in [5.41, 5.74) is 0.586. The Balaban J connectivity index is 1.82. The highest BCUT2D eigenvalue weighted by Gasteiger charge is 2.27. The van der Waals surface area contributed by atoms with E-state index in [-0.39, 0.29) is 12.2 Å². The first-order valence-corrected chi connectivity index (χ1v) is 7.32. The third-order valence-electron chi connectivity index (χ3n) is 3.10. The summed E-state index contributed by atoms with van der Waals surface area (Å²) in [5, 5.41) is 3.32. The molecule has 0 spiro atoms. The summed E-state index contributed by atoms with van der Waals surface area (Å²) in [6, 6.07) is 9.96. The average Bonchev–Trinajstić information content (AvgIpc) is 2.45. The van der Waals surface area contributed by atoms with Crippen molar-refractivity contribution in [2.24, 2.45) is 0 Å². The Morgan fingerprint density at radius 2 is 2.10 bits per heavy atom. The molecule has 1 saturated heterocycles. The van der Waals surface area contributed by atoms with Crippen LogP contribution in [0.25, 0.3) is 0 Å². The summed E-state index contributed by atoms with van der Waals surface area (Å²) < 4.78 is 11.1. The number of hydrogen-bond acceptors (Lipinski definition) is 4. The Morgan fingerprint density at radius 3 is 2.76 bits per heavy atom.